The molecule has 0 spiro atoms. The highest BCUT2D eigenvalue weighted by atomic mass is 79.9. The summed E-state index contributed by atoms with van der Waals surface area (Å²) in [5, 5.41) is 7.31. The van der Waals surface area contributed by atoms with E-state index in [1.807, 2.05) is 14.0 Å². The van der Waals surface area contributed by atoms with E-state index in [9.17, 15) is 4.79 Å². The van der Waals surface area contributed by atoms with E-state index >= 15 is 0 Å². The van der Waals surface area contributed by atoms with Gasteiger partial charge in [-0.1, -0.05) is 6.92 Å². The Morgan fingerprint density at radius 1 is 1.62 bits per heavy atom. The Morgan fingerprint density at radius 3 is 2.69 bits per heavy atom. The number of rotatable bonds is 5. The van der Waals surface area contributed by atoms with Crippen LogP contribution in [0.1, 0.15) is 25.2 Å². The molecule has 1 unspecified atom stereocenters. The van der Waals surface area contributed by atoms with Gasteiger partial charge < -0.3 is 5.32 Å². The Balaban J connectivity index is 2.89. The van der Waals surface area contributed by atoms with Crippen LogP contribution >= 0.6 is 15.9 Å². The number of Topliss-reactive ketones (excluding diaryl/α,β-unsaturated/α-hetero) is 1. The maximum atomic E-state index is 11.8. The lowest BCUT2D eigenvalue weighted by Crippen LogP contribution is -2.32. The quantitative estimate of drug-likeness (QED) is 0.892. The molecule has 90 valence electrons. The molecule has 1 N–H and O–H groups in total. The molecule has 0 bridgehead atoms. The minimum Gasteiger partial charge on any atom is -0.311 e. The van der Waals surface area contributed by atoms with Crippen LogP contribution in [-0.2, 0) is 24.7 Å². The Bertz CT molecular complexity index is 387. The average molecular weight is 288 g/mol. The van der Waals surface area contributed by atoms with E-state index < -0.39 is 0 Å². The fraction of sp³-hybridized carbons (Fsp3) is 0.636. The molecule has 16 heavy (non-hydrogen) atoms. The molecule has 5 heteroatoms. The summed E-state index contributed by atoms with van der Waals surface area (Å²) in [5.41, 5.74) is 1.95. The lowest BCUT2D eigenvalue weighted by molar-refractivity contribution is -0.120. The number of halogens is 1. The number of nitrogens with zero attached hydrogens (tertiary/aromatic N) is 2. The Hall–Kier alpha value is -0.680. The molecule has 1 aromatic rings. The minimum atomic E-state index is -0.119. The van der Waals surface area contributed by atoms with Crippen molar-refractivity contribution < 1.29 is 4.79 Å². The van der Waals surface area contributed by atoms with Gasteiger partial charge in [-0.3, -0.25) is 9.48 Å². The first-order valence-electron chi connectivity index (χ1n) is 5.41. The first kappa shape index (κ1) is 13.4. The number of aryl methyl sites for hydroxylation is 2. The molecule has 0 saturated heterocycles. The van der Waals surface area contributed by atoms with Gasteiger partial charge in [0.1, 0.15) is 0 Å². The molecule has 0 aromatic carbocycles. The third kappa shape index (κ3) is 2.71. The zero-order valence-electron chi connectivity index (χ0n) is 10.2. The van der Waals surface area contributed by atoms with Crippen LogP contribution in [0.2, 0.25) is 0 Å². The van der Waals surface area contributed by atoms with Gasteiger partial charge in [0.2, 0.25) is 0 Å². The topological polar surface area (TPSA) is 46.9 Å². The van der Waals surface area contributed by atoms with Gasteiger partial charge >= 0.3 is 0 Å². The zero-order valence-corrected chi connectivity index (χ0v) is 11.8. The lowest BCUT2D eigenvalue weighted by atomic mass is 10.1. The maximum Gasteiger partial charge on any atom is 0.155 e. The molecule has 0 radical (unpaired) electrons. The van der Waals surface area contributed by atoms with E-state index in [2.05, 4.69) is 33.3 Å². The number of hydrogen-bond acceptors (Lipinski definition) is 3. The molecule has 0 saturated carbocycles. The number of aromatic nitrogens is 2. The number of nitrogens with one attached hydrogen (secondary N) is 1. The molecule has 0 amide bonds. The van der Waals surface area contributed by atoms with Crippen molar-refractivity contribution in [2.24, 2.45) is 7.05 Å². The van der Waals surface area contributed by atoms with E-state index in [0.717, 1.165) is 22.3 Å². The molecule has 1 aromatic heterocycles. The van der Waals surface area contributed by atoms with Gasteiger partial charge in [0.05, 0.1) is 28.3 Å². The highest BCUT2D eigenvalue weighted by molar-refractivity contribution is 9.10. The minimum absolute atomic E-state index is 0.119. The molecule has 0 fully saturated rings. The van der Waals surface area contributed by atoms with Crippen molar-refractivity contribution >= 4 is 21.7 Å². The molecular weight excluding hydrogens is 270 g/mol. The maximum absolute atomic E-state index is 11.8. The second kappa shape index (κ2) is 5.59. The summed E-state index contributed by atoms with van der Waals surface area (Å²) in [6, 6.07) is -0.119. The smallest absolute Gasteiger partial charge is 0.155 e. The van der Waals surface area contributed by atoms with Crippen LogP contribution in [0.4, 0.5) is 0 Å². The van der Waals surface area contributed by atoms with Crippen LogP contribution in [0.5, 0.6) is 0 Å². The van der Waals surface area contributed by atoms with Gasteiger partial charge in [0.25, 0.3) is 0 Å². The van der Waals surface area contributed by atoms with Gasteiger partial charge in [-0.2, -0.15) is 5.10 Å². The van der Waals surface area contributed by atoms with Crippen LogP contribution in [0, 0.1) is 0 Å². The highest BCUT2D eigenvalue weighted by Gasteiger charge is 2.18. The van der Waals surface area contributed by atoms with E-state index in [0.29, 0.717) is 6.42 Å². The zero-order chi connectivity index (χ0) is 12.3. The number of carbonyl (C=O) groups excluding carboxylic acids is 1. The number of hydrogen-bond donors (Lipinski definition) is 1. The Labute approximate surface area is 105 Å². The second-order valence-electron chi connectivity index (χ2n) is 3.84. The first-order valence-corrected chi connectivity index (χ1v) is 6.20. The van der Waals surface area contributed by atoms with Gasteiger partial charge in [0.15, 0.2) is 5.78 Å². The summed E-state index contributed by atoms with van der Waals surface area (Å²) >= 11 is 3.51. The summed E-state index contributed by atoms with van der Waals surface area (Å²) in [6.45, 7) is 3.92. The fourth-order valence-electron chi connectivity index (χ4n) is 1.49. The van der Waals surface area contributed by atoms with E-state index in [4.69, 9.17) is 0 Å². The van der Waals surface area contributed by atoms with E-state index in [1.54, 1.807) is 11.7 Å². The number of ketones is 1. The average Bonchev–Trinajstić information content (AvgIpc) is 2.55. The Kier molecular flexibility index (Phi) is 4.68. The van der Waals surface area contributed by atoms with Gasteiger partial charge in [0, 0.05) is 7.05 Å². The normalized spacial score (nSPS) is 12.8. The predicted molar refractivity (Wildman–Crippen MR) is 67.5 cm³/mol. The number of likely N-dealkylation sites (N-methyl/N-ethyl adjacent to an activating group) is 1. The molecule has 0 aliphatic carbocycles. The van der Waals surface area contributed by atoms with Crippen molar-refractivity contribution in [3.63, 3.8) is 0 Å². The number of carbonyl (C=O) groups is 1. The van der Waals surface area contributed by atoms with Crippen LogP contribution in [0.25, 0.3) is 0 Å². The van der Waals surface area contributed by atoms with Crippen LogP contribution in [-0.4, -0.2) is 28.7 Å². The largest absolute Gasteiger partial charge is 0.311 e. The monoisotopic (exact) mass is 287 g/mol. The van der Waals surface area contributed by atoms with Crippen molar-refractivity contribution in [3.8, 4) is 0 Å². The highest BCUT2D eigenvalue weighted by Crippen LogP contribution is 2.22. The summed E-state index contributed by atoms with van der Waals surface area (Å²) in [4.78, 5) is 11.8. The van der Waals surface area contributed by atoms with Crippen molar-refractivity contribution in [1.82, 2.24) is 15.1 Å². The summed E-state index contributed by atoms with van der Waals surface area (Å²) in [6.07, 6.45) is 1.27. The van der Waals surface area contributed by atoms with Gasteiger partial charge in [-0.05, 0) is 36.3 Å². The fourth-order valence-corrected chi connectivity index (χ4v) is 2.25. The van der Waals surface area contributed by atoms with Crippen molar-refractivity contribution in [3.05, 3.63) is 15.9 Å². The summed E-state index contributed by atoms with van der Waals surface area (Å²) < 4.78 is 2.75. The summed E-state index contributed by atoms with van der Waals surface area (Å²) in [7, 11) is 3.66. The van der Waals surface area contributed by atoms with Crippen LogP contribution in [0.3, 0.4) is 0 Å². The van der Waals surface area contributed by atoms with Crippen LogP contribution < -0.4 is 5.32 Å². The van der Waals surface area contributed by atoms with Crippen molar-refractivity contribution in [2.75, 3.05) is 7.05 Å². The Morgan fingerprint density at radius 2 is 2.25 bits per heavy atom. The summed E-state index contributed by atoms with van der Waals surface area (Å²) in [5.74, 6) is 0.175. The molecular formula is C11H18BrN3O. The van der Waals surface area contributed by atoms with Gasteiger partial charge in [-0.25, -0.2) is 0 Å². The molecule has 0 aliphatic heterocycles. The molecule has 1 heterocycles. The van der Waals surface area contributed by atoms with Crippen LogP contribution in [0.15, 0.2) is 4.47 Å². The van der Waals surface area contributed by atoms with Gasteiger partial charge in [-0.15, -0.1) is 0 Å². The van der Waals surface area contributed by atoms with E-state index in [-0.39, 0.29) is 11.8 Å². The van der Waals surface area contributed by atoms with E-state index in [1.165, 1.54) is 0 Å². The lowest BCUT2D eigenvalue weighted by Gasteiger charge is -2.09. The SMILES string of the molecule is CCc1nn(C)c(CC(=O)C(C)NC)c1Br. The third-order valence-corrected chi connectivity index (χ3v) is 3.68. The standard InChI is InChI=1S/C11H18BrN3O/c1-5-8-11(12)9(15(4)14-8)6-10(16)7(2)13-3/h7,13H,5-6H2,1-4H3. The van der Waals surface area contributed by atoms with Crippen molar-refractivity contribution in [1.29, 1.82) is 0 Å². The molecule has 0 aliphatic rings. The first-order chi connectivity index (χ1) is 7.51. The molecule has 1 atom stereocenters. The third-order valence-electron chi connectivity index (χ3n) is 2.76. The predicted octanol–water partition coefficient (Wildman–Crippen LogP) is 1.46. The second-order valence-corrected chi connectivity index (χ2v) is 4.63. The molecule has 4 nitrogen and oxygen atoms in total. The molecule has 1 rings (SSSR count). The van der Waals surface area contributed by atoms with Crippen molar-refractivity contribution in [2.45, 2.75) is 32.7 Å².